The number of furan rings is 1. The molecule has 0 bridgehead atoms. The van der Waals surface area contributed by atoms with E-state index < -0.39 is 0 Å². The lowest BCUT2D eigenvalue weighted by atomic mass is 10.1. The highest BCUT2D eigenvalue weighted by atomic mass is 79.9. The van der Waals surface area contributed by atoms with E-state index in [0.29, 0.717) is 6.54 Å². The summed E-state index contributed by atoms with van der Waals surface area (Å²) < 4.78 is 12.4. The van der Waals surface area contributed by atoms with Gasteiger partial charge in [-0.1, -0.05) is 12.1 Å². The third kappa shape index (κ3) is 3.84. The summed E-state index contributed by atoms with van der Waals surface area (Å²) >= 11 is 6.73. The first kappa shape index (κ1) is 14.6. The molecule has 0 radical (unpaired) electrons. The van der Waals surface area contributed by atoms with Crippen LogP contribution in [0.4, 0.5) is 0 Å². The highest BCUT2D eigenvalue weighted by Crippen LogP contribution is 2.27. The largest absolute Gasteiger partial charge is 0.497 e. The van der Waals surface area contributed by atoms with E-state index in [-0.39, 0.29) is 6.04 Å². The molecule has 0 spiro atoms. The Morgan fingerprint density at radius 2 is 2.11 bits per heavy atom. The van der Waals surface area contributed by atoms with Crippen molar-refractivity contribution in [1.82, 2.24) is 5.32 Å². The molecule has 0 saturated carbocycles. The van der Waals surface area contributed by atoms with Crippen LogP contribution in [0.3, 0.4) is 0 Å². The van der Waals surface area contributed by atoms with Crippen LogP contribution in [0, 0.1) is 0 Å². The number of halogens is 2. The van der Waals surface area contributed by atoms with Crippen molar-refractivity contribution in [1.29, 1.82) is 0 Å². The molecule has 1 N–H and O–H groups in total. The molecule has 0 aliphatic rings. The van der Waals surface area contributed by atoms with Gasteiger partial charge in [0.05, 0.1) is 18.1 Å². The van der Waals surface area contributed by atoms with Crippen LogP contribution in [0.5, 0.6) is 5.75 Å². The van der Waals surface area contributed by atoms with Gasteiger partial charge in [0.25, 0.3) is 0 Å². The van der Waals surface area contributed by atoms with Crippen LogP contribution in [-0.4, -0.2) is 7.11 Å². The lowest BCUT2D eigenvalue weighted by Crippen LogP contribution is -2.17. The fraction of sp³-hybridized carbons (Fsp3) is 0.286. The molecule has 1 heterocycles. The number of hydrogen-bond acceptors (Lipinski definition) is 3. The average molecular weight is 389 g/mol. The minimum Gasteiger partial charge on any atom is -0.497 e. The van der Waals surface area contributed by atoms with Crippen LogP contribution in [0.15, 0.2) is 43.9 Å². The monoisotopic (exact) mass is 387 g/mol. The van der Waals surface area contributed by atoms with Gasteiger partial charge in [0.1, 0.15) is 11.5 Å². The zero-order chi connectivity index (χ0) is 13.8. The number of hydrogen-bond donors (Lipinski definition) is 1. The normalized spacial score (nSPS) is 12.4. The van der Waals surface area contributed by atoms with Gasteiger partial charge in [-0.15, -0.1) is 0 Å². The number of nitrogens with one attached hydrogen (secondary N) is 1. The summed E-state index contributed by atoms with van der Waals surface area (Å²) in [6.07, 6.45) is 0. The summed E-state index contributed by atoms with van der Waals surface area (Å²) in [5.41, 5.74) is 1.18. The third-order valence-electron chi connectivity index (χ3n) is 2.87. The minimum absolute atomic E-state index is 0.220. The van der Waals surface area contributed by atoms with E-state index in [1.807, 2.05) is 24.3 Å². The summed E-state index contributed by atoms with van der Waals surface area (Å²) in [5.74, 6) is 1.75. The number of benzene rings is 1. The Kier molecular flexibility index (Phi) is 5.07. The van der Waals surface area contributed by atoms with Crippen LogP contribution in [0.2, 0.25) is 0 Å². The molecule has 1 aromatic carbocycles. The van der Waals surface area contributed by atoms with Gasteiger partial charge < -0.3 is 14.5 Å². The van der Waals surface area contributed by atoms with Gasteiger partial charge in [0.15, 0.2) is 4.67 Å². The van der Waals surface area contributed by atoms with Gasteiger partial charge in [-0.05, 0) is 62.5 Å². The molecule has 5 heteroatoms. The highest BCUT2D eigenvalue weighted by Gasteiger charge is 2.09. The van der Waals surface area contributed by atoms with Gasteiger partial charge >= 0.3 is 0 Å². The van der Waals surface area contributed by atoms with Crippen molar-refractivity contribution in [3.8, 4) is 5.75 Å². The molecule has 0 saturated heterocycles. The summed E-state index contributed by atoms with van der Waals surface area (Å²) in [4.78, 5) is 0. The van der Waals surface area contributed by atoms with Gasteiger partial charge in [0, 0.05) is 6.04 Å². The minimum atomic E-state index is 0.220. The first-order chi connectivity index (χ1) is 9.10. The first-order valence-corrected chi connectivity index (χ1v) is 7.50. The molecule has 1 aromatic heterocycles. The van der Waals surface area contributed by atoms with E-state index >= 15 is 0 Å². The number of rotatable bonds is 5. The van der Waals surface area contributed by atoms with Crippen molar-refractivity contribution in [2.45, 2.75) is 19.5 Å². The van der Waals surface area contributed by atoms with E-state index in [1.54, 1.807) is 7.11 Å². The maximum atomic E-state index is 5.53. The van der Waals surface area contributed by atoms with Crippen LogP contribution < -0.4 is 10.1 Å². The molecule has 2 rings (SSSR count). The SMILES string of the molecule is COc1cccc([C@@H](C)NCc2cc(Br)c(Br)o2)c1. The fourth-order valence-electron chi connectivity index (χ4n) is 1.76. The quantitative estimate of drug-likeness (QED) is 0.808. The maximum absolute atomic E-state index is 5.53. The fourth-order valence-corrected chi connectivity index (χ4v) is 2.42. The summed E-state index contributed by atoms with van der Waals surface area (Å²) in [6.45, 7) is 2.78. The summed E-state index contributed by atoms with van der Waals surface area (Å²) in [5, 5.41) is 3.42. The Balaban J connectivity index is 1.98. The molecule has 2 aromatic rings. The molecular weight excluding hydrogens is 374 g/mol. The van der Waals surface area contributed by atoms with Gasteiger partial charge in [-0.25, -0.2) is 0 Å². The highest BCUT2D eigenvalue weighted by molar-refractivity contribution is 9.13. The predicted molar refractivity (Wildman–Crippen MR) is 82.4 cm³/mol. The molecule has 0 aliphatic carbocycles. The molecule has 0 aliphatic heterocycles. The zero-order valence-corrected chi connectivity index (χ0v) is 13.9. The lowest BCUT2D eigenvalue weighted by molar-refractivity contribution is 0.412. The predicted octanol–water partition coefficient (Wildman–Crippen LogP) is 4.66. The Morgan fingerprint density at radius 3 is 2.74 bits per heavy atom. The van der Waals surface area contributed by atoms with Crippen molar-refractivity contribution in [3.63, 3.8) is 0 Å². The van der Waals surface area contributed by atoms with E-state index in [9.17, 15) is 0 Å². The second-order valence-electron chi connectivity index (χ2n) is 4.21. The molecule has 0 fully saturated rings. The van der Waals surface area contributed by atoms with Crippen molar-refractivity contribution >= 4 is 31.9 Å². The van der Waals surface area contributed by atoms with E-state index in [2.05, 4.69) is 50.2 Å². The standard InChI is InChI=1S/C14H15Br2NO2/c1-9(10-4-3-5-11(6-10)18-2)17-8-12-7-13(15)14(16)19-12/h3-7,9,17H,8H2,1-2H3/t9-/m1/s1. The molecular formula is C14H15Br2NO2. The van der Waals surface area contributed by atoms with Crippen LogP contribution in [0.1, 0.15) is 24.3 Å². The zero-order valence-electron chi connectivity index (χ0n) is 10.7. The van der Waals surface area contributed by atoms with Crippen molar-refractivity contribution in [3.05, 3.63) is 50.8 Å². The van der Waals surface area contributed by atoms with Crippen LogP contribution >= 0.6 is 31.9 Å². The third-order valence-corrected chi connectivity index (χ3v) is 4.58. The molecule has 0 unspecified atom stereocenters. The molecule has 19 heavy (non-hydrogen) atoms. The van der Waals surface area contributed by atoms with Crippen molar-refractivity contribution in [2.75, 3.05) is 7.11 Å². The van der Waals surface area contributed by atoms with Gasteiger partial charge in [0.2, 0.25) is 0 Å². The van der Waals surface area contributed by atoms with E-state index in [4.69, 9.17) is 9.15 Å². The smallest absolute Gasteiger partial charge is 0.183 e. The van der Waals surface area contributed by atoms with Crippen LogP contribution in [-0.2, 0) is 6.54 Å². The second-order valence-corrected chi connectivity index (χ2v) is 5.79. The van der Waals surface area contributed by atoms with Gasteiger partial charge in [-0.3, -0.25) is 0 Å². The van der Waals surface area contributed by atoms with E-state index in [1.165, 1.54) is 5.56 Å². The Bertz CT molecular complexity index is 535. The molecule has 1 atom stereocenters. The molecule has 0 amide bonds. The number of methoxy groups -OCH3 is 1. The molecule has 102 valence electrons. The maximum Gasteiger partial charge on any atom is 0.183 e. The topological polar surface area (TPSA) is 34.4 Å². The lowest BCUT2D eigenvalue weighted by Gasteiger charge is -2.14. The van der Waals surface area contributed by atoms with Crippen LogP contribution in [0.25, 0.3) is 0 Å². The summed E-state index contributed by atoms with van der Waals surface area (Å²) in [6, 6.07) is 10.2. The van der Waals surface area contributed by atoms with Crippen molar-refractivity contribution < 1.29 is 9.15 Å². The summed E-state index contributed by atoms with van der Waals surface area (Å²) in [7, 11) is 1.68. The Morgan fingerprint density at radius 1 is 1.32 bits per heavy atom. The Hall–Kier alpha value is -0.780. The Labute approximate surface area is 129 Å². The average Bonchev–Trinajstić information content (AvgIpc) is 2.75. The van der Waals surface area contributed by atoms with E-state index in [0.717, 1.165) is 20.7 Å². The molecule has 3 nitrogen and oxygen atoms in total. The van der Waals surface area contributed by atoms with Gasteiger partial charge in [-0.2, -0.15) is 0 Å². The second kappa shape index (κ2) is 6.59. The number of ether oxygens (including phenoxy) is 1. The van der Waals surface area contributed by atoms with Crippen molar-refractivity contribution in [2.24, 2.45) is 0 Å². The first-order valence-electron chi connectivity index (χ1n) is 5.91.